The minimum atomic E-state index is -0.539. The number of halogens is 1. The van der Waals surface area contributed by atoms with Crippen LogP contribution in [-0.4, -0.2) is 42.8 Å². The molecule has 0 saturated heterocycles. The van der Waals surface area contributed by atoms with E-state index < -0.39 is 11.8 Å². The van der Waals surface area contributed by atoms with Gasteiger partial charge in [0.25, 0.3) is 5.91 Å². The summed E-state index contributed by atoms with van der Waals surface area (Å²) in [4.78, 5) is 31.5. The van der Waals surface area contributed by atoms with E-state index in [1.54, 1.807) is 18.9 Å². The van der Waals surface area contributed by atoms with Crippen molar-refractivity contribution in [2.45, 2.75) is 6.92 Å². The minimum Gasteiger partial charge on any atom is -0.461 e. The summed E-state index contributed by atoms with van der Waals surface area (Å²) in [5, 5.41) is 0. The van der Waals surface area contributed by atoms with Crippen molar-refractivity contribution in [2.24, 2.45) is 4.99 Å². The fourth-order valence-electron chi connectivity index (χ4n) is 2.48. The van der Waals surface area contributed by atoms with E-state index in [2.05, 4.69) is 4.99 Å². The standard InChI is InChI=1S/C15H14FN3O3/c1-3-22-15(21)13-12-7-18(2)14(20)10-6-9(16)4-5-11(10)19(12)8-17-13/h4-7H,3,8H2,1-2H3. The number of anilines is 1. The van der Waals surface area contributed by atoms with Gasteiger partial charge in [-0.3, -0.25) is 9.79 Å². The van der Waals surface area contributed by atoms with E-state index in [0.717, 1.165) is 0 Å². The number of hydrogen-bond acceptors (Lipinski definition) is 5. The predicted molar refractivity (Wildman–Crippen MR) is 78.0 cm³/mol. The molecule has 1 aromatic carbocycles. The van der Waals surface area contributed by atoms with Gasteiger partial charge in [0.2, 0.25) is 0 Å². The third kappa shape index (κ3) is 2.14. The maximum absolute atomic E-state index is 13.5. The quantitative estimate of drug-likeness (QED) is 0.777. The van der Waals surface area contributed by atoms with Gasteiger partial charge in [0, 0.05) is 13.2 Å². The number of fused-ring (bicyclic) bond motifs is 3. The number of hydrogen-bond donors (Lipinski definition) is 0. The zero-order valence-corrected chi connectivity index (χ0v) is 12.2. The Balaban J connectivity index is 2.08. The van der Waals surface area contributed by atoms with Gasteiger partial charge in [-0.25, -0.2) is 9.18 Å². The molecule has 6 nitrogen and oxygen atoms in total. The Labute approximate surface area is 126 Å². The highest BCUT2D eigenvalue weighted by Crippen LogP contribution is 2.32. The molecular weight excluding hydrogens is 289 g/mol. The van der Waals surface area contributed by atoms with E-state index in [4.69, 9.17) is 4.74 Å². The van der Waals surface area contributed by atoms with Gasteiger partial charge in [-0.15, -0.1) is 0 Å². The molecule has 1 aromatic rings. The molecule has 2 aliphatic heterocycles. The molecule has 114 valence electrons. The van der Waals surface area contributed by atoms with Gasteiger partial charge in [0.1, 0.15) is 12.5 Å². The Kier molecular flexibility index (Phi) is 3.40. The molecule has 0 spiro atoms. The lowest BCUT2D eigenvalue weighted by Gasteiger charge is -2.19. The third-order valence-electron chi connectivity index (χ3n) is 3.49. The summed E-state index contributed by atoms with van der Waals surface area (Å²) in [5.74, 6) is -1.38. The van der Waals surface area contributed by atoms with Crippen LogP contribution in [0.5, 0.6) is 0 Å². The van der Waals surface area contributed by atoms with Crippen molar-refractivity contribution in [2.75, 3.05) is 25.2 Å². The Morgan fingerprint density at radius 3 is 2.95 bits per heavy atom. The van der Waals surface area contributed by atoms with Gasteiger partial charge in [-0.1, -0.05) is 0 Å². The zero-order valence-electron chi connectivity index (χ0n) is 12.2. The Bertz CT molecular complexity index is 727. The first kappa shape index (κ1) is 14.2. The third-order valence-corrected chi connectivity index (χ3v) is 3.49. The molecule has 1 amide bonds. The van der Waals surface area contributed by atoms with Gasteiger partial charge in [0.05, 0.1) is 23.6 Å². The summed E-state index contributed by atoms with van der Waals surface area (Å²) >= 11 is 0. The molecule has 0 aliphatic carbocycles. The SMILES string of the molecule is CCOC(=O)C1=NCN2C1=CN(C)C(=O)c1cc(F)ccc12. The molecular formula is C15H14FN3O3. The second kappa shape index (κ2) is 5.25. The summed E-state index contributed by atoms with van der Waals surface area (Å²) in [6.45, 7) is 2.13. The largest absolute Gasteiger partial charge is 0.461 e. The predicted octanol–water partition coefficient (Wildman–Crippen LogP) is 1.53. The van der Waals surface area contributed by atoms with Gasteiger partial charge in [0.15, 0.2) is 5.71 Å². The molecule has 0 radical (unpaired) electrons. The summed E-state index contributed by atoms with van der Waals surface area (Å²) in [6.07, 6.45) is 1.52. The van der Waals surface area contributed by atoms with E-state index in [1.807, 2.05) is 0 Å². The molecule has 0 fully saturated rings. The van der Waals surface area contributed by atoms with Crippen molar-refractivity contribution < 1.29 is 18.7 Å². The van der Waals surface area contributed by atoms with Crippen LogP contribution in [0.1, 0.15) is 17.3 Å². The molecule has 0 saturated carbocycles. The maximum Gasteiger partial charge on any atom is 0.358 e. The molecule has 2 aliphatic rings. The van der Waals surface area contributed by atoms with E-state index in [-0.39, 0.29) is 30.5 Å². The van der Waals surface area contributed by atoms with Gasteiger partial charge >= 0.3 is 5.97 Å². The van der Waals surface area contributed by atoms with E-state index in [0.29, 0.717) is 11.4 Å². The van der Waals surface area contributed by atoms with Gasteiger partial charge in [-0.05, 0) is 25.1 Å². The van der Waals surface area contributed by atoms with Crippen molar-refractivity contribution in [1.29, 1.82) is 0 Å². The number of ether oxygens (including phenoxy) is 1. The molecule has 3 rings (SSSR count). The Morgan fingerprint density at radius 1 is 1.45 bits per heavy atom. The second-order valence-corrected chi connectivity index (χ2v) is 4.89. The topological polar surface area (TPSA) is 62.2 Å². The molecule has 0 atom stereocenters. The number of aliphatic imine (C=N–C) groups is 1. The summed E-state index contributed by atoms with van der Waals surface area (Å²) in [6, 6.07) is 3.98. The molecule has 22 heavy (non-hydrogen) atoms. The van der Waals surface area contributed by atoms with E-state index in [9.17, 15) is 14.0 Å². The van der Waals surface area contributed by atoms with Crippen LogP contribution in [0.2, 0.25) is 0 Å². The lowest BCUT2D eigenvalue weighted by atomic mass is 10.1. The minimum absolute atomic E-state index is 0.165. The second-order valence-electron chi connectivity index (χ2n) is 4.89. The number of rotatable bonds is 2. The van der Waals surface area contributed by atoms with Crippen molar-refractivity contribution >= 4 is 23.3 Å². The first-order chi connectivity index (χ1) is 10.5. The lowest BCUT2D eigenvalue weighted by Crippen LogP contribution is -2.26. The summed E-state index contributed by atoms with van der Waals surface area (Å²) < 4.78 is 18.5. The van der Waals surface area contributed by atoms with Gasteiger partial charge < -0.3 is 14.5 Å². The zero-order chi connectivity index (χ0) is 15.9. The molecule has 0 N–H and O–H groups in total. The highest BCUT2D eigenvalue weighted by molar-refractivity contribution is 6.45. The number of benzene rings is 1. The molecule has 0 unspecified atom stereocenters. The fraction of sp³-hybridized carbons (Fsp3) is 0.267. The first-order valence-electron chi connectivity index (χ1n) is 6.81. The van der Waals surface area contributed by atoms with Crippen LogP contribution in [0, 0.1) is 5.82 Å². The van der Waals surface area contributed by atoms with Crippen LogP contribution in [0.3, 0.4) is 0 Å². The lowest BCUT2D eigenvalue weighted by molar-refractivity contribution is -0.134. The molecule has 7 heteroatoms. The van der Waals surface area contributed by atoms with Crippen LogP contribution in [0.15, 0.2) is 35.1 Å². The number of carbonyl (C=O) groups is 2. The van der Waals surface area contributed by atoms with E-state index in [1.165, 1.54) is 29.3 Å². The average Bonchev–Trinajstić information content (AvgIpc) is 2.86. The van der Waals surface area contributed by atoms with Crippen LogP contribution in [-0.2, 0) is 9.53 Å². The Morgan fingerprint density at radius 2 is 2.23 bits per heavy atom. The van der Waals surface area contributed by atoms with Crippen LogP contribution >= 0.6 is 0 Å². The summed E-state index contributed by atoms with van der Waals surface area (Å²) in [5.41, 5.74) is 1.39. The smallest absolute Gasteiger partial charge is 0.358 e. The number of amides is 1. The van der Waals surface area contributed by atoms with Gasteiger partial charge in [-0.2, -0.15) is 0 Å². The van der Waals surface area contributed by atoms with Crippen molar-refractivity contribution in [3.05, 3.63) is 41.5 Å². The summed E-state index contributed by atoms with van der Waals surface area (Å²) in [7, 11) is 1.55. The number of nitrogens with zero attached hydrogens (tertiary/aromatic N) is 3. The molecule has 0 bridgehead atoms. The van der Waals surface area contributed by atoms with Crippen LogP contribution < -0.4 is 4.90 Å². The van der Waals surface area contributed by atoms with Crippen LogP contribution in [0.4, 0.5) is 10.1 Å². The Hall–Kier alpha value is -2.70. The first-order valence-corrected chi connectivity index (χ1v) is 6.81. The van der Waals surface area contributed by atoms with Crippen molar-refractivity contribution in [3.8, 4) is 0 Å². The average molecular weight is 303 g/mol. The molecule has 0 aromatic heterocycles. The van der Waals surface area contributed by atoms with Crippen molar-refractivity contribution in [3.63, 3.8) is 0 Å². The van der Waals surface area contributed by atoms with E-state index >= 15 is 0 Å². The monoisotopic (exact) mass is 303 g/mol. The molecule has 2 heterocycles. The van der Waals surface area contributed by atoms with Crippen molar-refractivity contribution in [1.82, 2.24) is 4.90 Å². The highest BCUT2D eigenvalue weighted by atomic mass is 19.1. The normalized spacial score (nSPS) is 16.6. The highest BCUT2D eigenvalue weighted by Gasteiger charge is 2.34. The number of esters is 1. The van der Waals surface area contributed by atoms with Crippen LogP contribution in [0.25, 0.3) is 0 Å². The fourth-order valence-corrected chi connectivity index (χ4v) is 2.48. The number of carbonyl (C=O) groups excluding carboxylic acids is 2. The maximum atomic E-state index is 13.5.